The molecule has 3 aliphatic rings. The van der Waals surface area contributed by atoms with Crippen molar-refractivity contribution in [1.29, 1.82) is 0 Å². The number of nitrogens with zero attached hydrogens (tertiary/aromatic N) is 3. The molecule has 0 radical (unpaired) electrons. The van der Waals surface area contributed by atoms with Crippen LogP contribution < -0.4 is 5.48 Å². The lowest BCUT2D eigenvalue weighted by molar-refractivity contribution is 0.0706. The second-order valence-corrected chi connectivity index (χ2v) is 9.24. The first-order valence-corrected chi connectivity index (χ1v) is 11.3. The molecule has 1 aromatic heterocycles. The smallest absolute Gasteiger partial charge is 0.274 e. The maximum absolute atomic E-state index is 11.7. The minimum absolute atomic E-state index is 0.109. The number of fused-ring (bicyclic) bond motifs is 7. The van der Waals surface area contributed by atoms with Gasteiger partial charge in [-0.05, 0) is 48.0 Å². The first-order valence-electron chi connectivity index (χ1n) is 10.9. The monoisotopic (exact) mass is 448 g/mol. The highest BCUT2D eigenvalue weighted by molar-refractivity contribution is 7.80. The van der Waals surface area contributed by atoms with E-state index in [2.05, 4.69) is 38.6 Å². The minimum Gasteiger partial charge on any atom is -0.348 e. The normalized spacial score (nSPS) is 23.9. The summed E-state index contributed by atoms with van der Waals surface area (Å²) in [5.74, 6) is -0.131. The maximum Gasteiger partial charge on any atom is 0.274 e. The number of epoxide rings is 1. The molecule has 8 heteroatoms. The highest BCUT2D eigenvalue weighted by Crippen LogP contribution is 2.45. The van der Waals surface area contributed by atoms with Gasteiger partial charge in [0.05, 0.1) is 6.54 Å². The predicted molar refractivity (Wildman–Crippen MR) is 124 cm³/mol. The molecule has 3 aliphatic heterocycles. The Bertz CT molecular complexity index is 1240. The zero-order valence-electron chi connectivity index (χ0n) is 17.7. The molecule has 2 N–H and O–H groups in total. The van der Waals surface area contributed by atoms with Gasteiger partial charge < -0.3 is 19.1 Å². The van der Waals surface area contributed by atoms with E-state index in [-0.39, 0.29) is 12.3 Å². The minimum atomic E-state index is -0.508. The topological polar surface area (TPSA) is 73.3 Å². The lowest BCUT2D eigenvalue weighted by Gasteiger charge is -2.39. The van der Waals surface area contributed by atoms with Crippen LogP contribution in [0.1, 0.15) is 39.5 Å². The number of benzene rings is 2. The van der Waals surface area contributed by atoms with Gasteiger partial charge in [0.1, 0.15) is 6.10 Å². The largest absolute Gasteiger partial charge is 0.348 e. The summed E-state index contributed by atoms with van der Waals surface area (Å²) in [6.07, 6.45) is 1.35. The summed E-state index contributed by atoms with van der Waals surface area (Å²) in [4.78, 5) is 16.1. The molecule has 2 fully saturated rings. The molecule has 1 amide bonds. The molecule has 32 heavy (non-hydrogen) atoms. The number of nitrogens with one attached hydrogen (secondary N) is 1. The van der Waals surface area contributed by atoms with Gasteiger partial charge in [0.25, 0.3) is 5.91 Å². The van der Waals surface area contributed by atoms with Crippen LogP contribution in [0.5, 0.6) is 0 Å². The van der Waals surface area contributed by atoms with E-state index in [9.17, 15) is 4.79 Å². The van der Waals surface area contributed by atoms with E-state index in [4.69, 9.17) is 22.2 Å². The fraction of sp³-hybridized carbons (Fsp3) is 0.333. The average molecular weight is 449 g/mol. The number of hydrogen-bond donors (Lipinski definition) is 2. The quantitative estimate of drug-likeness (QED) is 0.278. The summed E-state index contributed by atoms with van der Waals surface area (Å²) in [7, 11) is 2.03. The van der Waals surface area contributed by atoms with Gasteiger partial charge in [-0.3, -0.25) is 10.0 Å². The first-order chi connectivity index (χ1) is 15.5. The van der Waals surface area contributed by atoms with Gasteiger partial charge in [-0.1, -0.05) is 30.3 Å². The molecular weight excluding hydrogens is 424 g/mol. The Morgan fingerprint density at radius 2 is 2.00 bits per heavy atom. The van der Waals surface area contributed by atoms with Crippen molar-refractivity contribution >= 4 is 34.1 Å². The Morgan fingerprint density at radius 3 is 2.78 bits per heavy atom. The third-order valence-electron chi connectivity index (χ3n) is 7.00. The SMILES string of the molecule is CN1C(=S)N2Cc3c(c4ccccc4n3Cc3ccc(C(=O)NO)cc3)C(CC3OC31)C2. The molecule has 6 rings (SSSR count). The summed E-state index contributed by atoms with van der Waals surface area (Å²) >= 11 is 5.82. The van der Waals surface area contributed by atoms with Crippen molar-refractivity contribution in [1.82, 2.24) is 19.8 Å². The third kappa shape index (κ3) is 3.02. The summed E-state index contributed by atoms with van der Waals surface area (Å²) in [6.45, 7) is 2.39. The number of aromatic nitrogens is 1. The van der Waals surface area contributed by atoms with Crippen LogP contribution in [-0.4, -0.2) is 56.5 Å². The molecule has 7 nitrogen and oxygen atoms in total. The Balaban J connectivity index is 1.44. The van der Waals surface area contributed by atoms with Crippen LogP contribution >= 0.6 is 12.2 Å². The van der Waals surface area contributed by atoms with Crippen LogP contribution in [0.3, 0.4) is 0 Å². The molecule has 2 saturated heterocycles. The highest BCUT2D eigenvalue weighted by Gasteiger charge is 2.49. The number of thiocarbonyl (C=S) groups is 1. The number of para-hydroxylation sites is 1. The van der Waals surface area contributed by atoms with Gasteiger partial charge in [0.15, 0.2) is 11.3 Å². The number of likely N-dealkylation sites (N-methyl/N-ethyl adjacent to an activating group) is 1. The molecule has 2 bridgehead atoms. The molecule has 4 heterocycles. The van der Waals surface area contributed by atoms with Gasteiger partial charge in [-0.2, -0.15) is 0 Å². The Kier molecular flexibility index (Phi) is 4.50. The van der Waals surface area contributed by atoms with Gasteiger partial charge in [0, 0.05) is 48.2 Å². The number of rotatable bonds is 3. The van der Waals surface area contributed by atoms with Gasteiger partial charge in [0.2, 0.25) is 0 Å². The van der Waals surface area contributed by atoms with Crippen molar-refractivity contribution in [3.8, 4) is 0 Å². The van der Waals surface area contributed by atoms with Crippen LogP contribution in [-0.2, 0) is 17.8 Å². The van der Waals surface area contributed by atoms with Crippen molar-refractivity contribution in [2.45, 2.75) is 37.8 Å². The van der Waals surface area contributed by atoms with E-state index in [1.807, 2.05) is 19.2 Å². The summed E-state index contributed by atoms with van der Waals surface area (Å²) < 4.78 is 8.34. The van der Waals surface area contributed by atoms with E-state index in [1.54, 1.807) is 17.6 Å². The highest BCUT2D eigenvalue weighted by atomic mass is 32.1. The molecular formula is C24H24N4O3S. The van der Waals surface area contributed by atoms with Crippen LogP contribution in [0, 0.1) is 0 Å². The standard InChI is InChI=1S/C24H24N4O3S/c1-26-23-20(31-23)10-16-12-27(24(26)32)13-19-21(16)17-4-2-3-5-18(17)28(19)11-14-6-8-15(9-7-14)22(29)25-30/h2-9,16,20,23,30H,10-13H2,1H3,(H,25,29). The van der Waals surface area contributed by atoms with E-state index in [0.717, 1.165) is 30.2 Å². The summed E-state index contributed by atoms with van der Waals surface area (Å²) in [5.41, 5.74) is 7.14. The molecule has 3 atom stereocenters. The number of hydroxylamine groups is 1. The molecule has 0 saturated carbocycles. The number of ether oxygens (including phenoxy) is 1. The number of amides is 1. The Labute approximate surface area is 191 Å². The van der Waals surface area contributed by atoms with Crippen LogP contribution in [0.4, 0.5) is 0 Å². The van der Waals surface area contributed by atoms with Crippen LogP contribution in [0.15, 0.2) is 48.5 Å². The van der Waals surface area contributed by atoms with Crippen molar-refractivity contribution in [3.05, 3.63) is 70.9 Å². The van der Waals surface area contributed by atoms with E-state index in [0.29, 0.717) is 18.0 Å². The Morgan fingerprint density at radius 1 is 1.22 bits per heavy atom. The van der Waals surface area contributed by atoms with Crippen LogP contribution in [0.2, 0.25) is 0 Å². The van der Waals surface area contributed by atoms with Crippen molar-refractivity contribution < 1.29 is 14.7 Å². The van der Waals surface area contributed by atoms with Crippen molar-refractivity contribution in [3.63, 3.8) is 0 Å². The Hall–Kier alpha value is -2.94. The molecule has 0 spiro atoms. The average Bonchev–Trinajstić information content (AvgIpc) is 3.52. The van der Waals surface area contributed by atoms with Gasteiger partial charge in [-0.15, -0.1) is 0 Å². The number of hydrogen-bond acceptors (Lipinski definition) is 4. The van der Waals surface area contributed by atoms with Gasteiger partial charge in [-0.25, -0.2) is 5.48 Å². The molecule has 3 aromatic rings. The molecule has 3 unspecified atom stereocenters. The fourth-order valence-electron chi connectivity index (χ4n) is 5.40. The van der Waals surface area contributed by atoms with Crippen molar-refractivity contribution in [2.75, 3.05) is 13.6 Å². The van der Waals surface area contributed by atoms with Gasteiger partial charge >= 0.3 is 0 Å². The van der Waals surface area contributed by atoms with E-state index < -0.39 is 5.91 Å². The summed E-state index contributed by atoms with van der Waals surface area (Å²) in [6, 6.07) is 16.0. The number of carbonyl (C=O) groups is 1. The third-order valence-corrected chi connectivity index (χ3v) is 7.54. The number of carbonyl (C=O) groups excluding carboxylic acids is 1. The lowest BCUT2D eigenvalue weighted by Crippen LogP contribution is -2.48. The molecule has 2 aromatic carbocycles. The van der Waals surface area contributed by atoms with Crippen LogP contribution in [0.25, 0.3) is 10.9 Å². The molecule has 164 valence electrons. The fourth-order valence-corrected chi connectivity index (χ4v) is 5.64. The predicted octanol–water partition coefficient (Wildman–Crippen LogP) is 3.05. The lowest BCUT2D eigenvalue weighted by atomic mass is 9.87. The molecule has 0 aliphatic carbocycles. The zero-order chi connectivity index (χ0) is 22.0. The second kappa shape index (κ2) is 7.30. The zero-order valence-corrected chi connectivity index (χ0v) is 18.5. The summed E-state index contributed by atoms with van der Waals surface area (Å²) in [5, 5.41) is 11.0. The second-order valence-electron chi connectivity index (χ2n) is 8.87. The maximum atomic E-state index is 11.7. The van der Waals surface area contributed by atoms with E-state index >= 15 is 0 Å². The van der Waals surface area contributed by atoms with Crippen molar-refractivity contribution in [2.24, 2.45) is 0 Å². The van der Waals surface area contributed by atoms with E-state index in [1.165, 1.54) is 22.2 Å². The first kappa shape index (κ1) is 19.7.